The molecule has 1 atom stereocenters. The number of carbonyl (C=O) groups is 1. The molecule has 36 heavy (non-hydrogen) atoms. The zero-order valence-corrected chi connectivity index (χ0v) is 20.0. The number of rotatable bonds is 6. The first-order valence-corrected chi connectivity index (χ1v) is 12.1. The van der Waals surface area contributed by atoms with Crippen LogP contribution in [0.4, 0.5) is 24.5 Å². The highest BCUT2D eigenvalue weighted by Gasteiger charge is 2.38. The number of anilines is 2. The molecule has 0 spiro atoms. The minimum absolute atomic E-state index is 0.0458. The summed E-state index contributed by atoms with van der Waals surface area (Å²) in [6, 6.07) is 14.5. The summed E-state index contributed by atoms with van der Waals surface area (Å²) < 4.78 is 79.7. The second kappa shape index (κ2) is 9.78. The Kier molecular flexibility index (Phi) is 6.92. The maximum absolute atomic E-state index is 13.5. The average Bonchev–Trinajstić information content (AvgIpc) is 2.83. The van der Waals surface area contributed by atoms with Crippen LogP contribution in [0, 0.1) is 0 Å². The molecule has 0 aromatic heterocycles. The van der Waals surface area contributed by atoms with Crippen LogP contribution in [0.25, 0.3) is 0 Å². The summed E-state index contributed by atoms with van der Waals surface area (Å²) >= 11 is 6.08. The molecule has 0 aliphatic carbocycles. The maximum Gasteiger partial charge on any atom is 0.573 e. The van der Waals surface area contributed by atoms with E-state index in [0.717, 1.165) is 16.4 Å². The Morgan fingerprint density at radius 2 is 1.69 bits per heavy atom. The van der Waals surface area contributed by atoms with Crippen molar-refractivity contribution in [1.29, 1.82) is 0 Å². The van der Waals surface area contributed by atoms with E-state index in [1.165, 1.54) is 61.7 Å². The van der Waals surface area contributed by atoms with Crippen LogP contribution < -0.4 is 23.8 Å². The number of sulfonamides is 1. The lowest BCUT2D eigenvalue weighted by atomic mass is 10.2. The van der Waals surface area contributed by atoms with Crippen molar-refractivity contribution in [2.24, 2.45) is 0 Å². The summed E-state index contributed by atoms with van der Waals surface area (Å²) in [5.41, 5.74) is 0.306. The van der Waals surface area contributed by atoms with Gasteiger partial charge in [-0.15, -0.1) is 13.2 Å². The van der Waals surface area contributed by atoms with Crippen LogP contribution in [0.15, 0.2) is 71.6 Å². The van der Waals surface area contributed by atoms with Gasteiger partial charge in [0.25, 0.3) is 15.9 Å². The number of ether oxygens (including phenoxy) is 3. The first-order chi connectivity index (χ1) is 17.0. The average molecular weight is 543 g/mol. The number of methoxy groups -OCH3 is 1. The van der Waals surface area contributed by atoms with E-state index in [1.807, 2.05) is 0 Å². The van der Waals surface area contributed by atoms with E-state index in [0.29, 0.717) is 5.75 Å². The van der Waals surface area contributed by atoms with Gasteiger partial charge in [0, 0.05) is 10.7 Å². The predicted molar refractivity (Wildman–Crippen MR) is 125 cm³/mol. The Labute approximate surface area is 209 Å². The molecule has 4 rings (SSSR count). The highest BCUT2D eigenvalue weighted by Crippen LogP contribution is 2.39. The van der Waals surface area contributed by atoms with Crippen LogP contribution in [-0.4, -0.2) is 40.4 Å². The SMILES string of the molecule is COc1ccc(S(=O)(=O)N2C[C@H](C(=O)Nc3ccc(OC(F)(F)F)cc3)Oc3ccc(Cl)cc32)cc1. The summed E-state index contributed by atoms with van der Waals surface area (Å²) in [7, 11) is -2.70. The number of hydrogen-bond acceptors (Lipinski definition) is 6. The number of nitrogens with one attached hydrogen (secondary N) is 1. The van der Waals surface area contributed by atoms with Gasteiger partial charge in [-0.2, -0.15) is 0 Å². The number of halogens is 4. The van der Waals surface area contributed by atoms with Crippen molar-refractivity contribution in [2.75, 3.05) is 23.3 Å². The fourth-order valence-electron chi connectivity index (χ4n) is 3.43. The lowest BCUT2D eigenvalue weighted by Gasteiger charge is -2.34. The molecule has 0 fully saturated rings. The molecule has 0 unspecified atom stereocenters. The van der Waals surface area contributed by atoms with E-state index >= 15 is 0 Å². The van der Waals surface area contributed by atoms with Crippen LogP contribution in [-0.2, 0) is 14.8 Å². The van der Waals surface area contributed by atoms with Crippen molar-refractivity contribution >= 4 is 38.9 Å². The topological polar surface area (TPSA) is 94.2 Å². The van der Waals surface area contributed by atoms with E-state index in [9.17, 15) is 26.4 Å². The second-order valence-electron chi connectivity index (χ2n) is 7.49. The summed E-state index contributed by atoms with van der Waals surface area (Å²) in [6.07, 6.45) is -6.13. The van der Waals surface area contributed by atoms with Gasteiger partial charge in [0.2, 0.25) is 0 Å². The molecule has 1 aliphatic heterocycles. The van der Waals surface area contributed by atoms with Crippen LogP contribution in [0.2, 0.25) is 5.02 Å². The third-order valence-electron chi connectivity index (χ3n) is 5.09. The molecular formula is C23H18ClF3N2O6S. The van der Waals surface area contributed by atoms with Gasteiger partial charge in [-0.3, -0.25) is 9.10 Å². The van der Waals surface area contributed by atoms with Crippen LogP contribution in [0.5, 0.6) is 17.2 Å². The van der Waals surface area contributed by atoms with Gasteiger partial charge in [-0.25, -0.2) is 8.42 Å². The van der Waals surface area contributed by atoms with Gasteiger partial charge in [0.1, 0.15) is 17.2 Å². The molecule has 0 saturated heterocycles. The molecule has 8 nitrogen and oxygen atoms in total. The normalized spacial score (nSPS) is 15.5. The predicted octanol–water partition coefficient (Wildman–Crippen LogP) is 4.84. The van der Waals surface area contributed by atoms with Crippen LogP contribution in [0.1, 0.15) is 0 Å². The molecule has 0 radical (unpaired) electrons. The van der Waals surface area contributed by atoms with Crippen molar-refractivity contribution in [1.82, 2.24) is 0 Å². The number of alkyl halides is 3. The van der Waals surface area contributed by atoms with Crippen molar-refractivity contribution in [2.45, 2.75) is 17.4 Å². The van der Waals surface area contributed by atoms with E-state index in [2.05, 4.69) is 10.1 Å². The summed E-state index contributed by atoms with van der Waals surface area (Å²) in [6.45, 7) is -0.386. The number of amides is 1. The zero-order chi connectivity index (χ0) is 26.1. The molecule has 1 N–H and O–H groups in total. The molecule has 1 aliphatic rings. The van der Waals surface area contributed by atoms with Gasteiger partial charge in [0.05, 0.1) is 24.2 Å². The van der Waals surface area contributed by atoms with Crippen molar-refractivity contribution < 1.29 is 40.6 Å². The zero-order valence-electron chi connectivity index (χ0n) is 18.5. The van der Waals surface area contributed by atoms with Crippen molar-refractivity contribution in [3.8, 4) is 17.2 Å². The lowest BCUT2D eigenvalue weighted by Crippen LogP contribution is -2.48. The number of benzene rings is 3. The van der Waals surface area contributed by atoms with Gasteiger partial charge in [-0.05, 0) is 66.7 Å². The molecule has 0 saturated carbocycles. The highest BCUT2D eigenvalue weighted by molar-refractivity contribution is 7.92. The van der Waals surface area contributed by atoms with E-state index in [4.69, 9.17) is 21.1 Å². The van der Waals surface area contributed by atoms with E-state index in [1.54, 1.807) is 0 Å². The summed E-state index contributed by atoms with van der Waals surface area (Å²) in [5, 5.41) is 2.77. The maximum atomic E-state index is 13.5. The number of hydrogen-bond donors (Lipinski definition) is 1. The van der Waals surface area contributed by atoms with Gasteiger partial charge in [-0.1, -0.05) is 11.6 Å². The Balaban J connectivity index is 1.59. The second-order valence-corrected chi connectivity index (χ2v) is 9.79. The first kappa shape index (κ1) is 25.5. The Hall–Kier alpha value is -3.64. The fourth-order valence-corrected chi connectivity index (χ4v) is 5.06. The molecule has 3 aromatic rings. The van der Waals surface area contributed by atoms with E-state index in [-0.39, 0.29) is 33.6 Å². The number of carbonyl (C=O) groups excluding carboxylic acids is 1. The van der Waals surface area contributed by atoms with Crippen molar-refractivity contribution in [3.05, 3.63) is 71.8 Å². The summed E-state index contributed by atoms with van der Waals surface area (Å²) in [5.74, 6) is -0.605. The smallest absolute Gasteiger partial charge is 0.497 e. The molecule has 1 heterocycles. The molecule has 3 aromatic carbocycles. The molecule has 0 bridgehead atoms. The van der Waals surface area contributed by atoms with Crippen LogP contribution >= 0.6 is 11.6 Å². The van der Waals surface area contributed by atoms with Gasteiger partial charge < -0.3 is 19.5 Å². The van der Waals surface area contributed by atoms with E-state index < -0.39 is 34.1 Å². The van der Waals surface area contributed by atoms with Crippen molar-refractivity contribution in [3.63, 3.8) is 0 Å². The fraction of sp³-hybridized carbons (Fsp3) is 0.174. The molecule has 13 heteroatoms. The third kappa shape index (κ3) is 5.60. The largest absolute Gasteiger partial charge is 0.573 e. The Bertz CT molecular complexity index is 1370. The molecule has 1 amide bonds. The first-order valence-electron chi connectivity index (χ1n) is 10.3. The standard InChI is InChI=1S/C23H18ClF3N2O6S/c1-33-16-7-9-18(10-8-16)36(31,32)29-13-21(34-20-11-2-14(24)12-19(20)29)22(30)28-15-3-5-17(6-4-15)35-23(25,26)27/h2-12,21H,13H2,1H3,(H,28,30)/t21-/m1/s1. The molecular weight excluding hydrogens is 525 g/mol. The number of fused-ring (bicyclic) bond motifs is 1. The van der Waals surface area contributed by atoms with Crippen LogP contribution in [0.3, 0.4) is 0 Å². The van der Waals surface area contributed by atoms with Gasteiger partial charge in [0.15, 0.2) is 6.10 Å². The molecule has 190 valence electrons. The minimum atomic E-state index is -4.85. The van der Waals surface area contributed by atoms with Gasteiger partial charge >= 0.3 is 6.36 Å². The quantitative estimate of drug-likeness (QED) is 0.479. The lowest BCUT2D eigenvalue weighted by molar-refractivity contribution is -0.274. The third-order valence-corrected chi connectivity index (χ3v) is 7.11. The Morgan fingerprint density at radius 1 is 1.06 bits per heavy atom. The number of nitrogens with zero attached hydrogens (tertiary/aromatic N) is 1. The summed E-state index contributed by atoms with van der Waals surface area (Å²) in [4.78, 5) is 12.9. The highest BCUT2D eigenvalue weighted by atomic mass is 35.5. The minimum Gasteiger partial charge on any atom is -0.497 e. The Morgan fingerprint density at radius 3 is 2.31 bits per heavy atom. The monoisotopic (exact) mass is 542 g/mol.